The summed E-state index contributed by atoms with van der Waals surface area (Å²) in [5.74, 6) is -1.23. The molecule has 0 radical (unpaired) electrons. The lowest BCUT2D eigenvalue weighted by atomic mass is 9.98. The van der Waals surface area contributed by atoms with Crippen LogP contribution in [0.3, 0.4) is 0 Å². The Labute approximate surface area is 192 Å². The number of benzene rings is 1. The third-order valence-corrected chi connectivity index (χ3v) is 6.16. The van der Waals surface area contributed by atoms with Crippen molar-refractivity contribution in [2.24, 2.45) is 5.92 Å². The van der Waals surface area contributed by atoms with E-state index in [-0.39, 0.29) is 12.5 Å². The molecule has 0 aliphatic carbocycles. The number of likely N-dealkylation sites (tertiary alicyclic amines) is 1. The summed E-state index contributed by atoms with van der Waals surface area (Å²) < 4.78 is 11.9. The van der Waals surface area contributed by atoms with E-state index in [1.54, 1.807) is 34.7 Å². The second kappa shape index (κ2) is 9.85. The van der Waals surface area contributed by atoms with Crippen LogP contribution in [-0.4, -0.2) is 64.6 Å². The number of aromatic nitrogens is 1. The Bertz CT molecular complexity index is 950. The lowest BCUT2D eigenvalue weighted by molar-refractivity contribution is -0.163. The Morgan fingerprint density at radius 2 is 2.00 bits per heavy atom. The van der Waals surface area contributed by atoms with E-state index in [1.807, 2.05) is 24.3 Å². The van der Waals surface area contributed by atoms with E-state index in [9.17, 15) is 14.4 Å². The summed E-state index contributed by atoms with van der Waals surface area (Å²) in [5.41, 5.74) is 0.305. The van der Waals surface area contributed by atoms with E-state index in [4.69, 9.17) is 9.47 Å². The predicted octanol–water partition coefficient (Wildman–Crippen LogP) is 3.83. The van der Waals surface area contributed by atoms with Crippen LogP contribution in [-0.2, 0) is 25.6 Å². The molecule has 1 fully saturated rings. The van der Waals surface area contributed by atoms with Crippen molar-refractivity contribution in [1.29, 1.82) is 0 Å². The Morgan fingerprint density at radius 1 is 1.28 bits per heavy atom. The molecule has 2 heterocycles. The molecule has 0 N–H and O–H groups in total. The highest BCUT2D eigenvalue weighted by Gasteiger charge is 2.33. The highest BCUT2D eigenvalue weighted by molar-refractivity contribution is 7.18. The molecular formula is C23H31N3O5S. The van der Waals surface area contributed by atoms with E-state index >= 15 is 0 Å². The summed E-state index contributed by atoms with van der Waals surface area (Å²) in [6, 6.07) is 7.81. The average molecular weight is 462 g/mol. The van der Waals surface area contributed by atoms with Gasteiger partial charge in [-0.3, -0.25) is 9.59 Å². The number of amides is 2. The topological polar surface area (TPSA) is 89.0 Å². The smallest absolute Gasteiger partial charge is 0.410 e. The zero-order valence-electron chi connectivity index (χ0n) is 19.3. The first-order valence-corrected chi connectivity index (χ1v) is 11.6. The standard InChI is InChI=1S/C23H31N3O5S/c1-15(20(27)25(5)14-19-24-17-10-6-7-11-18(17)32-19)30-21(28)16-9-8-12-26(13-16)22(29)31-23(2,3)4/h6-7,10-11,15-16H,8-9,12-14H2,1-5H3. The molecule has 32 heavy (non-hydrogen) atoms. The minimum atomic E-state index is -0.918. The number of rotatable bonds is 5. The van der Waals surface area contributed by atoms with Crippen LogP contribution in [0.5, 0.6) is 0 Å². The van der Waals surface area contributed by atoms with Crippen LogP contribution < -0.4 is 0 Å². The van der Waals surface area contributed by atoms with Crippen molar-refractivity contribution in [3.8, 4) is 0 Å². The summed E-state index contributed by atoms with van der Waals surface area (Å²) in [6.45, 7) is 8.10. The third-order valence-electron chi connectivity index (χ3n) is 5.13. The van der Waals surface area contributed by atoms with E-state index in [1.165, 1.54) is 21.1 Å². The van der Waals surface area contributed by atoms with E-state index in [0.717, 1.165) is 15.2 Å². The number of fused-ring (bicyclic) bond motifs is 1. The van der Waals surface area contributed by atoms with Gasteiger partial charge in [0.15, 0.2) is 6.10 Å². The number of esters is 1. The maximum absolute atomic E-state index is 12.8. The zero-order valence-corrected chi connectivity index (χ0v) is 20.1. The molecule has 8 nitrogen and oxygen atoms in total. The highest BCUT2D eigenvalue weighted by Crippen LogP contribution is 2.23. The molecule has 0 spiro atoms. The van der Waals surface area contributed by atoms with Gasteiger partial charge in [0, 0.05) is 20.1 Å². The normalized spacial score (nSPS) is 17.7. The van der Waals surface area contributed by atoms with Crippen LogP contribution in [0.1, 0.15) is 45.5 Å². The van der Waals surface area contributed by atoms with Gasteiger partial charge in [-0.15, -0.1) is 11.3 Å². The van der Waals surface area contributed by atoms with Gasteiger partial charge in [-0.1, -0.05) is 12.1 Å². The molecule has 2 aromatic rings. The molecular weight excluding hydrogens is 430 g/mol. The molecule has 174 valence electrons. The van der Waals surface area contributed by atoms with Crippen LogP contribution in [0.4, 0.5) is 4.79 Å². The molecule has 9 heteroatoms. The van der Waals surface area contributed by atoms with Crippen LogP contribution >= 0.6 is 11.3 Å². The number of carbonyl (C=O) groups excluding carboxylic acids is 3. The van der Waals surface area contributed by atoms with Gasteiger partial charge in [0.1, 0.15) is 10.6 Å². The summed E-state index contributed by atoms with van der Waals surface area (Å²) in [7, 11) is 1.67. The molecule has 3 rings (SSSR count). The van der Waals surface area contributed by atoms with Crippen LogP contribution in [0.15, 0.2) is 24.3 Å². The molecule has 2 atom stereocenters. The van der Waals surface area contributed by atoms with Crippen molar-refractivity contribution < 1.29 is 23.9 Å². The molecule has 1 aliphatic rings. The van der Waals surface area contributed by atoms with Crippen molar-refractivity contribution >= 4 is 39.5 Å². The van der Waals surface area contributed by atoms with Gasteiger partial charge < -0.3 is 19.3 Å². The summed E-state index contributed by atoms with van der Waals surface area (Å²) in [5, 5.41) is 0.820. The summed E-state index contributed by atoms with van der Waals surface area (Å²) in [4.78, 5) is 45.4. The fraction of sp³-hybridized carbons (Fsp3) is 0.565. The first-order valence-electron chi connectivity index (χ1n) is 10.8. The van der Waals surface area contributed by atoms with Gasteiger partial charge in [0.25, 0.3) is 5.91 Å². The molecule has 1 aromatic carbocycles. The maximum Gasteiger partial charge on any atom is 0.410 e. The zero-order chi connectivity index (χ0) is 23.5. The number of para-hydroxylation sites is 1. The number of likely N-dealkylation sites (N-methyl/N-ethyl adjacent to an activating group) is 1. The highest BCUT2D eigenvalue weighted by atomic mass is 32.1. The number of piperidine rings is 1. The van der Waals surface area contributed by atoms with E-state index < -0.39 is 29.7 Å². The van der Waals surface area contributed by atoms with Crippen molar-refractivity contribution in [2.45, 2.75) is 58.8 Å². The largest absolute Gasteiger partial charge is 0.452 e. The van der Waals surface area contributed by atoms with Crippen LogP contribution in [0.2, 0.25) is 0 Å². The van der Waals surface area contributed by atoms with Gasteiger partial charge in [-0.25, -0.2) is 9.78 Å². The molecule has 1 saturated heterocycles. The number of thiazole rings is 1. The fourth-order valence-corrected chi connectivity index (χ4v) is 4.58. The molecule has 2 unspecified atom stereocenters. The number of hydrogen-bond donors (Lipinski definition) is 0. The van der Waals surface area contributed by atoms with Crippen LogP contribution in [0, 0.1) is 5.92 Å². The molecule has 1 aliphatic heterocycles. The van der Waals surface area contributed by atoms with Gasteiger partial charge in [-0.2, -0.15) is 0 Å². The Balaban J connectivity index is 1.53. The minimum absolute atomic E-state index is 0.232. The number of ether oxygens (including phenoxy) is 2. The van der Waals surface area contributed by atoms with Crippen molar-refractivity contribution in [3.63, 3.8) is 0 Å². The second-order valence-corrected chi connectivity index (χ2v) is 10.2. The SMILES string of the molecule is CC(OC(=O)C1CCCN(C(=O)OC(C)(C)C)C1)C(=O)N(C)Cc1nc2ccccc2s1. The second-order valence-electron chi connectivity index (χ2n) is 9.11. The van der Waals surface area contributed by atoms with Crippen molar-refractivity contribution in [1.82, 2.24) is 14.8 Å². The number of nitrogens with zero attached hydrogens (tertiary/aromatic N) is 3. The van der Waals surface area contributed by atoms with Gasteiger partial charge in [0.05, 0.1) is 22.7 Å². The number of carbonyl (C=O) groups is 3. The van der Waals surface area contributed by atoms with Crippen LogP contribution in [0.25, 0.3) is 10.2 Å². The minimum Gasteiger partial charge on any atom is -0.452 e. The molecule has 0 saturated carbocycles. The average Bonchev–Trinajstić information content (AvgIpc) is 3.14. The van der Waals surface area contributed by atoms with E-state index in [0.29, 0.717) is 25.9 Å². The molecule has 1 aromatic heterocycles. The van der Waals surface area contributed by atoms with Crippen molar-refractivity contribution in [2.75, 3.05) is 20.1 Å². The Morgan fingerprint density at radius 3 is 2.69 bits per heavy atom. The lowest BCUT2D eigenvalue weighted by Gasteiger charge is -2.33. The van der Waals surface area contributed by atoms with Crippen molar-refractivity contribution in [3.05, 3.63) is 29.3 Å². The number of hydrogen-bond acceptors (Lipinski definition) is 7. The third kappa shape index (κ3) is 6.18. The van der Waals surface area contributed by atoms with E-state index in [2.05, 4.69) is 4.98 Å². The fourth-order valence-electron chi connectivity index (χ4n) is 3.56. The Hall–Kier alpha value is -2.68. The first-order chi connectivity index (χ1) is 15.0. The predicted molar refractivity (Wildman–Crippen MR) is 122 cm³/mol. The molecule has 0 bridgehead atoms. The summed E-state index contributed by atoms with van der Waals surface area (Å²) >= 11 is 1.54. The van der Waals surface area contributed by atoms with Gasteiger partial charge in [0.2, 0.25) is 0 Å². The molecule has 2 amide bonds. The lowest BCUT2D eigenvalue weighted by Crippen LogP contribution is -2.46. The van der Waals surface area contributed by atoms with Gasteiger partial charge >= 0.3 is 12.1 Å². The van der Waals surface area contributed by atoms with Gasteiger partial charge in [-0.05, 0) is 52.7 Å². The monoisotopic (exact) mass is 461 g/mol. The summed E-state index contributed by atoms with van der Waals surface area (Å²) in [6.07, 6.45) is -0.0622. The first kappa shape index (κ1) is 24.0. The Kier molecular flexibility index (Phi) is 7.38. The maximum atomic E-state index is 12.8. The quantitative estimate of drug-likeness (QED) is 0.629.